The fourth-order valence-electron chi connectivity index (χ4n) is 3.87. The lowest BCUT2D eigenvalue weighted by molar-refractivity contribution is -0.136. The molecule has 0 fully saturated rings. The fourth-order valence-corrected chi connectivity index (χ4v) is 3.87. The van der Waals surface area contributed by atoms with Gasteiger partial charge in [-0.15, -0.1) is 0 Å². The van der Waals surface area contributed by atoms with Gasteiger partial charge in [0.1, 0.15) is 5.75 Å². The second-order valence-corrected chi connectivity index (χ2v) is 8.43. The van der Waals surface area contributed by atoms with Crippen molar-refractivity contribution >= 4 is 17.7 Å². The molecule has 0 spiro atoms. The van der Waals surface area contributed by atoms with Gasteiger partial charge in [-0.25, -0.2) is 4.79 Å². The number of rotatable bonds is 14. The lowest BCUT2D eigenvalue weighted by Gasteiger charge is -2.13. The first-order valence-electron chi connectivity index (χ1n) is 11.8. The van der Waals surface area contributed by atoms with Crippen molar-refractivity contribution < 1.29 is 29.3 Å². The van der Waals surface area contributed by atoms with Crippen molar-refractivity contribution in [3.8, 4) is 5.75 Å². The number of benzene rings is 3. The predicted molar refractivity (Wildman–Crippen MR) is 133 cm³/mol. The molecule has 0 amide bonds. The van der Waals surface area contributed by atoms with E-state index in [-0.39, 0.29) is 29.8 Å². The molecular weight excluding hydrogens is 444 g/mol. The number of ether oxygens (including phenoxy) is 1. The second-order valence-electron chi connectivity index (χ2n) is 8.43. The maximum Gasteiger partial charge on any atom is 0.335 e. The Hall–Kier alpha value is -3.93. The number of hydrogen-bond acceptors (Lipinski definition) is 4. The van der Waals surface area contributed by atoms with Crippen LogP contribution < -0.4 is 4.74 Å². The minimum atomic E-state index is -1.11. The van der Waals surface area contributed by atoms with E-state index in [0.717, 1.165) is 32.1 Å². The van der Waals surface area contributed by atoms with Crippen LogP contribution in [-0.4, -0.2) is 34.5 Å². The lowest BCUT2D eigenvalue weighted by atomic mass is 9.98. The van der Waals surface area contributed by atoms with Crippen LogP contribution in [0, 0.1) is 0 Å². The van der Waals surface area contributed by atoms with Crippen molar-refractivity contribution in [2.24, 2.45) is 0 Å². The van der Waals surface area contributed by atoms with Crippen LogP contribution in [0.25, 0.3) is 0 Å². The third kappa shape index (κ3) is 8.10. The monoisotopic (exact) mass is 474 g/mol. The van der Waals surface area contributed by atoms with Gasteiger partial charge in [-0.3, -0.25) is 9.59 Å². The number of aliphatic carboxylic acids is 1. The standard InChI is InChI=1S/C29H30O6/c30-27(31)17-15-22-19-24(28(32)23-12-8-13-25(20-23)29(33)34)14-16-26(22)35-18-7-2-1-4-9-21-10-5-3-6-11-21/h3,5-6,8,10-14,16,19-20H,1-2,4,7,9,15,17-18H2,(H,30,31)(H,33,34). The molecule has 182 valence electrons. The molecule has 0 saturated carbocycles. The Balaban J connectivity index is 1.58. The minimum Gasteiger partial charge on any atom is -0.493 e. The molecule has 3 rings (SSSR count). The summed E-state index contributed by atoms with van der Waals surface area (Å²) in [5.74, 6) is -1.79. The van der Waals surface area contributed by atoms with E-state index < -0.39 is 11.9 Å². The van der Waals surface area contributed by atoms with Crippen LogP contribution in [-0.2, 0) is 17.6 Å². The zero-order valence-corrected chi connectivity index (χ0v) is 19.6. The number of hydrogen-bond donors (Lipinski definition) is 2. The molecule has 0 aliphatic rings. The number of aryl methyl sites for hydroxylation is 2. The van der Waals surface area contributed by atoms with Crippen molar-refractivity contribution in [2.45, 2.75) is 44.9 Å². The number of aromatic carboxylic acids is 1. The Morgan fingerprint density at radius 1 is 0.686 bits per heavy atom. The van der Waals surface area contributed by atoms with Crippen LogP contribution in [0.2, 0.25) is 0 Å². The molecule has 0 aliphatic heterocycles. The summed E-state index contributed by atoms with van der Waals surface area (Å²) in [6, 6.07) is 21.2. The molecule has 0 heterocycles. The van der Waals surface area contributed by atoms with Crippen LogP contribution >= 0.6 is 0 Å². The normalized spacial score (nSPS) is 10.6. The van der Waals surface area contributed by atoms with Crippen molar-refractivity contribution in [2.75, 3.05) is 6.61 Å². The number of unbranched alkanes of at least 4 members (excludes halogenated alkanes) is 3. The van der Waals surface area contributed by atoms with Crippen LogP contribution in [0.4, 0.5) is 0 Å². The van der Waals surface area contributed by atoms with Crippen molar-refractivity contribution in [3.05, 3.63) is 101 Å². The molecule has 0 aliphatic carbocycles. The maximum atomic E-state index is 12.9. The zero-order chi connectivity index (χ0) is 25.0. The van der Waals surface area contributed by atoms with Crippen molar-refractivity contribution in [1.29, 1.82) is 0 Å². The number of ketones is 1. The Bertz CT molecular complexity index is 1150. The molecule has 35 heavy (non-hydrogen) atoms. The highest BCUT2D eigenvalue weighted by Crippen LogP contribution is 2.24. The highest BCUT2D eigenvalue weighted by Gasteiger charge is 2.15. The molecule has 0 atom stereocenters. The highest BCUT2D eigenvalue weighted by atomic mass is 16.5. The summed E-state index contributed by atoms with van der Waals surface area (Å²) in [5.41, 5.74) is 2.65. The summed E-state index contributed by atoms with van der Waals surface area (Å²) in [6.45, 7) is 0.513. The van der Waals surface area contributed by atoms with E-state index in [4.69, 9.17) is 9.84 Å². The molecule has 0 saturated heterocycles. The molecule has 3 aromatic rings. The predicted octanol–water partition coefficient (Wildman–Crippen LogP) is 5.81. The molecule has 0 unspecified atom stereocenters. The van der Waals surface area contributed by atoms with E-state index >= 15 is 0 Å². The topological polar surface area (TPSA) is 101 Å². The molecule has 0 radical (unpaired) electrons. The Labute approximate surface area is 205 Å². The van der Waals surface area contributed by atoms with Gasteiger partial charge in [0.15, 0.2) is 5.78 Å². The van der Waals surface area contributed by atoms with E-state index in [0.29, 0.717) is 23.5 Å². The number of carboxylic acids is 2. The minimum absolute atomic E-state index is 0.0330. The maximum absolute atomic E-state index is 12.9. The van der Waals surface area contributed by atoms with Gasteiger partial charge in [0.2, 0.25) is 0 Å². The number of carboxylic acid groups (broad SMARTS) is 2. The van der Waals surface area contributed by atoms with E-state index in [1.54, 1.807) is 24.3 Å². The summed E-state index contributed by atoms with van der Waals surface area (Å²) >= 11 is 0. The van der Waals surface area contributed by atoms with Gasteiger partial charge in [0, 0.05) is 17.5 Å². The zero-order valence-electron chi connectivity index (χ0n) is 19.6. The van der Waals surface area contributed by atoms with Crippen molar-refractivity contribution in [1.82, 2.24) is 0 Å². The molecule has 6 heteroatoms. The van der Waals surface area contributed by atoms with Crippen LogP contribution in [0.3, 0.4) is 0 Å². The summed E-state index contributed by atoms with van der Waals surface area (Å²) in [7, 11) is 0. The Morgan fingerprint density at radius 3 is 2.14 bits per heavy atom. The average molecular weight is 475 g/mol. The molecule has 0 bridgehead atoms. The Kier molecular flexibility index (Phi) is 9.60. The van der Waals surface area contributed by atoms with Gasteiger partial charge < -0.3 is 14.9 Å². The van der Waals surface area contributed by atoms with Gasteiger partial charge in [-0.05, 0) is 67.1 Å². The van der Waals surface area contributed by atoms with Crippen LogP contribution in [0.15, 0.2) is 72.8 Å². The first kappa shape index (κ1) is 25.7. The second kappa shape index (κ2) is 13.1. The molecule has 3 aromatic carbocycles. The Morgan fingerprint density at radius 2 is 1.40 bits per heavy atom. The summed E-state index contributed by atoms with van der Waals surface area (Å²) in [4.78, 5) is 35.3. The summed E-state index contributed by atoms with van der Waals surface area (Å²) in [5, 5.41) is 18.3. The fraction of sp³-hybridized carbons (Fsp3) is 0.276. The van der Waals surface area contributed by atoms with E-state index in [1.165, 1.54) is 23.8 Å². The van der Waals surface area contributed by atoms with Gasteiger partial charge in [-0.1, -0.05) is 55.3 Å². The van der Waals surface area contributed by atoms with Gasteiger partial charge in [0.25, 0.3) is 0 Å². The molecule has 0 aromatic heterocycles. The van der Waals surface area contributed by atoms with E-state index in [2.05, 4.69) is 24.3 Å². The lowest BCUT2D eigenvalue weighted by Crippen LogP contribution is -2.07. The SMILES string of the molecule is O=C(O)CCc1cc(C(=O)c2cccc(C(=O)O)c2)ccc1OCCCCCCc1ccccc1. The third-order valence-electron chi connectivity index (χ3n) is 5.76. The smallest absolute Gasteiger partial charge is 0.335 e. The van der Waals surface area contributed by atoms with Crippen LogP contribution in [0.5, 0.6) is 5.75 Å². The van der Waals surface area contributed by atoms with Gasteiger partial charge >= 0.3 is 11.9 Å². The average Bonchev–Trinajstić information content (AvgIpc) is 2.87. The molecular formula is C29H30O6. The third-order valence-corrected chi connectivity index (χ3v) is 5.76. The largest absolute Gasteiger partial charge is 0.493 e. The molecule has 2 N–H and O–H groups in total. The number of carbonyl (C=O) groups excluding carboxylic acids is 1. The molecule has 6 nitrogen and oxygen atoms in total. The van der Waals surface area contributed by atoms with Gasteiger partial charge in [-0.2, -0.15) is 0 Å². The first-order valence-corrected chi connectivity index (χ1v) is 11.8. The van der Waals surface area contributed by atoms with E-state index in [9.17, 15) is 19.5 Å². The van der Waals surface area contributed by atoms with E-state index in [1.807, 2.05) is 6.07 Å². The number of carbonyl (C=O) groups is 3. The van der Waals surface area contributed by atoms with Crippen molar-refractivity contribution in [3.63, 3.8) is 0 Å². The van der Waals surface area contributed by atoms with Crippen LogP contribution in [0.1, 0.15) is 69.5 Å². The summed E-state index contributed by atoms with van der Waals surface area (Å²) < 4.78 is 5.94. The van der Waals surface area contributed by atoms with Gasteiger partial charge in [0.05, 0.1) is 12.2 Å². The highest BCUT2D eigenvalue weighted by molar-refractivity contribution is 6.10. The summed E-state index contributed by atoms with van der Waals surface area (Å²) in [6.07, 6.45) is 5.36. The first-order chi connectivity index (χ1) is 16.9. The quantitative estimate of drug-likeness (QED) is 0.226.